The molecule has 17 aromatic rings. The normalized spacial score (nSPS) is 12.6. The van der Waals surface area contributed by atoms with E-state index in [0.29, 0.717) is 0 Å². The summed E-state index contributed by atoms with van der Waals surface area (Å²) in [4.78, 5) is 10.2. The van der Waals surface area contributed by atoms with E-state index in [-0.39, 0.29) is 13.4 Å². The lowest BCUT2D eigenvalue weighted by atomic mass is 9.30. The molecule has 0 unspecified atom stereocenters. The summed E-state index contributed by atoms with van der Waals surface area (Å²) in [5.74, 6) is 1.60. The summed E-state index contributed by atoms with van der Waals surface area (Å²) in [6.45, 7) is 21.9. The SMILES string of the molecule is Cc1cccc(C)c1-c1ccc(N2c3ccc(-c4c(C)cccc4C)cc3B3c4cc5c(cc4Oc4cc(N(c6ccccc6)c6ccccc6)cc2c43)N(c2c(-c3ccccc3)cccc2-c2ccccc2)c2cc(-c3c(C)cccc3C)cc3c2B5c2cc(-c4c(C)cccc4C)ccc2N3c2ccc(-c3c(C)cccc3C)cc2)cc1. The van der Waals surface area contributed by atoms with E-state index in [1.807, 2.05) is 0 Å². The van der Waals surface area contributed by atoms with Crippen LogP contribution in [0.5, 0.6) is 11.5 Å². The highest BCUT2D eigenvalue weighted by Crippen LogP contribution is 2.55. The Labute approximate surface area is 700 Å². The van der Waals surface area contributed by atoms with E-state index in [4.69, 9.17) is 4.74 Å². The first-order valence-electron chi connectivity index (χ1n) is 41.8. The smallest absolute Gasteiger partial charge is 0.256 e. The quantitative estimate of drug-likeness (QED) is 0.107. The maximum absolute atomic E-state index is 8.26. The number of para-hydroxylation sites is 3. The molecule has 0 radical (unpaired) electrons. The molecule has 0 amide bonds. The summed E-state index contributed by atoms with van der Waals surface area (Å²) < 4.78 is 8.26. The molecular weight excluding hydrogens is 1440 g/mol. The van der Waals surface area contributed by atoms with E-state index in [2.05, 4.69) is 441 Å². The molecule has 0 saturated heterocycles. The highest BCUT2D eigenvalue weighted by molar-refractivity contribution is 7.02. The molecule has 5 nitrogen and oxygen atoms in total. The third-order valence-corrected chi connectivity index (χ3v) is 25.8. The first-order valence-corrected chi connectivity index (χ1v) is 41.8. The number of anilines is 12. The number of rotatable bonds is 13. The summed E-state index contributed by atoms with van der Waals surface area (Å²) in [5, 5.41) is 0. The van der Waals surface area contributed by atoms with Crippen LogP contribution in [0.3, 0.4) is 0 Å². The predicted molar refractivity (Wildman–Crippen MR) is 506 cm³/mol. The summed E-state index contributed by atoms with van der Waals surface area (Å²) >= 11 is 0. The third-order valence-electron chi connectivity index (χ3n) is 25.8. The Bertz CT molecular complexity index is 6760. The van der Waals surface area contributed by atoms with Crippen molar-refractivity contribution in [2.24, 2.45) is 0 Å². The lowest BCUT2D eigenvalue weighted by molar-refractivity contribution is 0.488. The summed E-state index contributed by atoms with van der Waals surface area (Å²) in [7, 11) is 0. The molecule has 0 aliphatic carbocycles. The first-order chi connectivity index (χ1) is 58.2. The molecule has 0 aromatic heterocycles. The summed E-state index contributed by atoms with van der Waals surface area (Å²) in [6.07, 6.45) is 0. The van der Waals surface area contributed by atoms with E-state index in [9.17, 15) is 0 Å². The molecule has 7 heteroatoms. The van der Waals surface area contributed by atoms with Gasteiger partial charge in [0, 0.05) is 80.1 Å². The van der Waals surface area contributed by atoms with Crippen LogP contribution in [-0.4, -0.2) is 13.4 Å². The van der Waals surface area contributed by atoms with Gasteiger partial charge in [-0.25, -0.2) is 0 Å². The lowest BCUT2D eigenvalue weighted by Gasteiger charge is -2.46. The Balaban J connectivity index is 0.904. The van der Waals surface area contributed by atoms with Gasteiger partial charge in [-0.15, -0.1) is 0 Å². The van der Waals surface area contributed by atoms with Crippen LogP contribution in [0.4, 0.5) is 68.2 Å². The second-order valence-corrected chi connectivity index (χ2v) is 33.1. The average Bonchev–Trinajstić information content (AvgIpc) is 0.680. The number of benzene rings is 17. The molecular formula is C112H88B2N4O. The zero-order chi connectivity index (χ0) is 80.6. The van der Waals surface area contributed by atoms with Crippen molar-refractivity contribution in [1.82, 2.24) is 0 Å². The summed E-state index contributed by atoms with van der Waals surface area (Å²) in [6, 6.07) is 133. The van der Waals surface area contributed by atoms with Crippen LogP contribution in [0.25, 0.3) is 77.9 Å². The Morgan fingerprint density at radius 3 is 0.983 bits per heavy atom. The van der Waals surface area contributed by atoms with Crippen molar-refractivity contribution < 1.29 is 4.74 Å². The third kappa shape index (κ3) is 12.0. The van der Waals surface area contributed by atoms with Crippen LogP contribution in [0.1, 0.15) is 55.6 Å². The molecule has 17 aromatic carbocycles. The Morgan fingerprint density at radius 2 is 0.563 bits per heavy atom. The fraction of sp³-hybridized carbons (Fsp3) is 0.0893. The number of nitrogens with zero attached hydrogens (tertiary/aromatic N) is 4. The van der Waals surface area contributed by atoms with Crippen LogP contribution >= 0.6 is 0 Å². The van der Waals surface area contributed by atoms with Crippen molar-refractivity contribution in [3.63, 3.8) is 0 Å². The topological polar surface area (TPSA) is 22.2 Å². The minimum atomic E-state index is -0.345. The van der Waals surface area contributed by atoms with Gasteiger partial charge in [0.05, 0.1) is 11.4 Å². The summed E-state index contributed by atoms with van der Waals surface area (Å²) in [5.41, 5.74) is 48.8. The molecule has 4 aliphatic heterocycles. The molecule has 119 heavy (non-hydrogen) atoms. The largest absolute Gasteiger partial charge is 0.458 e. The fourth-order valence-electron chi connectivity index (χ4n) is 20.6. The highest BCUT2D eigenvalue weighted by atomic mass is 16.5. The number of hydrogen-bond donors (Lipinski definition) is 0. The van der Waals surface area contributed by atoms with Crippen LogP contribution in [-0.2, 0) is 0 Å². The average molecular weight is 1530 g/mol. The molecule has 21 rings (SSSR count). The van der Waals surface area contributed by atoms with Crippen LogP contribution in [0.2, 0.25) is 0 Å². The molecule has 0 N–H and O–H groups in total. The minimum absolute atomic E-state index is 0.332. The van der Waals surface area contributed by atoms with Gasteiger partial charge in [0.2, 0.25) is 0 Å². The van der Waals surface area contributed by atoms with Crippen LogP contribution < -0.4 is 57.1 Å². The van der Waals surface area contributed by atoms with Crippen molar-refractivity contribution >= 4 is 114 Å². The standard InChI is InChI=1S/C112H88B2N4O/c1-69-29-23-30-70(2)105(69)81-49-55-88(56-50-81)116-97-59-53-83(107-73(5)33-25-34-74(107)6)61-93(97)113-95-67-96-103(68-99(95)118(101-64-85(63-100(116)110(101)113)109-77(9)37-27-38-78(109)10)112-91(79-39-15-11-16-40-79)47-28-48-92(112)80-41-17-12-18-42-80)119-104-66-90(115(86-43-19-13-20-44-86)87-45-21-14-22-46-87)65-102-111(104)114(96)94-62-84(108-75(7)35-26-36-76(108)8)54-60-98(94)117(102)89-57-51-82(52-58-89)106-71(3)31-24-32-72(106)4/h11-68H,1-10H3. The molecule has 0 atom stereocenters. The molecule has 0 bridgehead atoms. The Kier molecular flexibility index (Phi) is 17.6. The Morgan fingerprint density at radius 1 is 0.218 bits per heavy atom. The molecule has 4 heterocycles. The number of hydrogen-bond acceptors (Lipinski definition) is 5. The Hall–Kier alpha value is -14.1. The van der Waals surface area contributed by atoms with E-state index >= 15 is 0 Å². The van der Waals surface area contributed by atoms with Gasteiger partial charge in [-0.1, -0.05) is 261 Å². The van der Waals surface area contributed by atoms with Crippen molar-refractivity contribution in [2.75, 3.05) is 19.6 Å². The second-order valence-electron chi connectivity index (χ2n) is 33.1. The molecule has 568 valence electrons. The van der Waals surface area contributed by atoms with E-state index in [1.165, 1.54) is 128 Å². The molecule has 4 aliphatic rings. The van der Waals surface area contributed by atoms with E-state index < -0.39 is 0 Å². The monoisotopic (exact) mass is 1530 g/mol. The molecule has 0 saturated carbocycles. The zero-order valence-electron chi connectivity index (χ0n) is 68.8. The van der Waals surface area contributed by atoms with Gasteiger partial charge in [0.15, 0.2) is 0 Å². The van der Waals surface area contributed by atoms with E-state index in [0.717, 1.165) is 118 Å². The second kappa shape index (κ2) is 28.9. The van der Waals surface area contributed by atoms with Crippen LogP contribution in [0.15, 0.2) is 352 Å². The maximum atomic E-state index is 8.26. The van der Waals surface area contributed by atoms with Crippen LogP contribution in [0, 0.1) is 69.2 Å². The van der Waals surface area contributed by atoms with E-state index in [1.54, 1.807) is 0 Å². The predicted octanol–water partition coefficient (Wildman–Crippen LogP) is 26.4. The van der Waals surface area contributed by atoms with Gasteiger partial charge >= 0.3 is 0 Å². The highest BCUT2D eigenvalue weighted by Gasteiger charge is 2.49. The van der Waals surface area contributed by atoms with Crippen molar-refractivity contribution in [3.05, 3.63) is 407 Å². The number of ether oxygens (including phenoxy) is 1. The lowest BCUT2D eigenvalue weighted by Crippen LogP contribution is -2.64. The molecule has 0 spiro atoms. The van der Waals surface area contributed by atoms with Gasteiger partial charge in [0.25, 0.3) is 13.4 Å². The fourth-order valence-corrected chi connectivity index (χ4v) is 20.6. The van der Waals surface area contributed by atoms with Gasteiger partial charge in [-0.05, 0) is 303 Å². The minimum Gasteiger partial charge on any atom is -0.458 e. The van der Waals surface area contributed by atoms with Crippen molar-refractivity contribution in [1.29, 1.82) is 0 Å². The maximum Gasteiger partial charge on any atom is 0.256 e. The van der Waals surface area contributed by atoms with Gasteiger partial charge in [-0.2, -0.15) is 0 Å². The van der Waals surface area contributed by atoms with Crippen molar-refractivity contribution in [2.45, 2.75) is 69.2 Å². The molecule has 0 fully saturated rings. The number of fused-ring (bicyclic) bond motifs is 8. The van der Waals surface area contributed by atoms with Gasteiger partial charge in [0.1, 0.15) is 11.5 Å². The van der Waals surface area contributed by atoms with Gasteiger partial charge in [-0.3, -0.25) is 0 Å². The first kappa shape index (κ1) is 72.6. The number of aryl methyl sites for hydroxylation is 10. The zero-order valence-corrected chi connectivity index (χ0v) is 68.8. The van der Waals surface area contributed by atoms with Gasteiger partial charge < -0.3 is 24.3 Å². The van der Waals surface area contributed by atoms with Crippen molar-refractivity contribution in [3.8, 4) is 89.4 Å².